The Kier molecular flexibility index (Phi) is 4.48. The molecule has 4 heteroatoms. The zero-order valence-corrected chi connectivity index (χ0v) is 12.9. The Bertz CT molecular complexity index is 476. The van der Waals surface area contributed by atoms with E-state index in [4.69, 9.17) is 4.65 Å². The highest BCUT2D eigenvalue weighted by Gasteiger charge is 2.36. The van der Waals surface area contributed by atoms with Crippen LogP contribution in [0.25, 0.3) is 0 Å². The van der Waals surface area contributed by atoms with Crippen molar-refractivity contribution >= 4 is 12.9 Å². The van der Waals surface area contributed by atoms with Crippen molar-refractivity contribution in [2.45, 2.75) is 59.7 Å². The minimum absolute atomic E-state index is 0.200. The molecule has 1 aromatic rings. The van der Waals surface area contributed by atoms with Crippen LogP contribution in [0.2, 0.25) is 0 Å². The van der Waals surface area contributed by atoms with Crippen LogP contribution in [-0.2, 0) is 4.65 Å². The average Bonchev–Trinajstić information content (AvgIpc) is 2.24. The lowest BCUT2D eigenvalue weighted by Crippen LogP contribution is -2.49. The molecule has 0 aliphatic rings. The number of hydrogen-bond acceptors (Lipinski definition) is 2. The Morgan fingerprint density at radius 1 is 1.11 bits per heavy atom. The third-order valence-electron chi connectivity index (χ3n) is 4.04. The minimum atomic E-state index is -0.972. The van der Waals surface area contributed by atoms with Gasteiger partial charge in [-0.2, -0.15) is 0 Å². The lowest BCUT2D eigenvalue weighted by molar-refractivity contribution is -0.0893. The van der Waals surface area contributed by atoms with Crippen LogP contribution >= 0.6 is 0 Å². The van der Waals surface area contributed by atoms with Gasteiger partial charge in [0.25, 0.3) is 0 Å². The molecule has 0 aliphatic heterocycles. The van der Waals surface area contributed by atoms with Crippen molar-refractivity contribution in [3.8, 4) is 0 Å². The van der Waals surface area contributed by atoms with Gasteiger partial charge in [-0.15, -0.1) is 0 Å². The molecule has 0 aromatic heterocycles. The van der Waals surface area contributed by atoms with E-state index in [0.717, 1.165) is 16.6 Å². The smallest absolute Gasteiger partial charge is 0.331 e. The fourth-order valence-corrected chi connectivity index (χ4v) is 1.58. The van der Waals surface area contributed by atoms with Crippen molar-refractivity contribution in [1.82, 2.24) is 0 Å². The summed E-state index contributed by atoms with van der Waals surface area (Å²) in [7, 11) is 1.62. The maximum atomic E-state index is 13.6. The van der Waals surface area contributed by atoms with Crippen molar-refractivity contribution in [2.24, 2.45) is 0 Å². The predicted molar refractivity (Wildman–Crippen MR) is 77.5 cm³/mol. The zero-order valence-electron chi connectivity index (χ0n) is 12.9. The van der Waals surface area contributed by atoms with Gasteiger partial charge in [-0.1, -0.05) is 5.56 Å². The van der Waals surface area contributed by atoms with Gasteiger partial charge in [0.1, 0.15) is 5.82 Å². The number of hydrogen-bond donors (Lipinski definition) is 1. The molecule has 0 bridgehead atoms. The summed E-state index contributed by atoms with van der Waals surface area (Å²) in [6.45, 7) is 12.5. The van der Waals surface area contributed by atoms with Gasteiger partial charge in [-0.05, 0) is 71.1 Å². The van der Waals surface area contributed by atoms with Gasteiger partial charge in [-0.25, -0.2) is 4.39 Å². The van der Waals surface area contributed by atoms with Crippen molar-refractivity contribution in [2.75, 3.05) is 0 Å². The first-order chi connectivity index (χ1) is 8.47. The number of aryl methyl sites for hydroxylation is 1. The molecule has 0 saturated carbocycles. The largest absolute Gasteiger partial charge is 0.427 e. The van der Waals surface area contributed by atoms with Gasteiger partial charge >= 0.3 is 7.48 Å². The lowest BCUT2D eigenvalue weighted by Gasteiger charge is -2.37. The molecule has 2 nitrogen and oxygen atoms in total. The first kappa shape index (κ1) is 16.2. The molecule has 0 unspecified atom stereocenters. The van der Waals surface area contributed by atoms with Crippen LogP contribution in [0.4, 0.5) is 4.39 Å². The van der Waals surface area contributed by atoms with Crippen LogP contribution < -0.4 is 5.46 Å². The molecular weight excluding hydrogens is 242 g/mol. The normalized spacial score (nSPS) is 12.7. The second-order valence-electron chi connectivity index (χ2n) is 6.14. The quantitative estimate of drug-likeness (QED) is 0.848. The predicted octanol–water partition coefficient (Wildman–Crippen LogP) is 2.56. The summed E-state index contributed by atoms with van der Waals surface area (Å²) in [6.07, 6.45) is 0. The van der Waals surface area contributed by atoms with Crippen LogP contribution in [0, 0.1) is 26.6 Å². The number of benzene rings is 1. The van der Waals surface area contributed by atoms with Gasteiger partial charge < -0.3 is 9.76 Å². The van der Waals surface area contributed by atoms with E-state index >= 15 is 0 Å². The standard InChI is InChI=1S/C15H23BFO2/c1-9-8-12(17)10(2)11(3)13(9)16-19-15(6,7)14(4,5)18/h8,18H,1-7H3. The first-order valence-corrected chi connectivity index (χ1v) is 6.47. The van der Waals surface area contributed by atoms with Gasteiger partial charge in [0.05, 0.1) is 11.2 Å². The molecule has 0 spiro atoms. The van der Waals surface area contributed by atoms with Crippen molar-refractivity contribution in [3.63, 3.8) is 0 Å². The van der Waals surface area contributed by atoms with E-state index in [-0.39, 0.29) is 5.82 Å². The number of rotatable bonds is 4. The molecule has 0 fully saturated rings. The molecule has 0 saturated heterocycles. The molecule has 1 rings (SSSR count). The van der Waals surface area contributed by atoms with E-state index in [1.807, 2.05) is 27.7 Å². The van der Waals surface area contributed by atoms with Gasteiger partial charge in [-0.3, -0.25) is 0 Å². The SMILES string of the molecule is Cc1cc(F)c(C)c(C)c1[B]OC(C)(C)C(C)(C)O. The zero-order chi connectivity index (χ0) is 15.0. The van der Waals surface area contributed by atoms with E-state index in [1.54, 1.807) is 28.3 Å². The van der Waals surface area contributed by atoms with E-state index in [0.29, 0.717) is 5.56 Å². The summed E-state index contributed by atoms with van der Waals surface area (Å²) in [4.78, 5) is 0. The molecule has 0 aliphatic carbocycles. The second kappa shape index (κ2) is 5.26. The minimum Gasteiger partial charge on any atom is -0.427 e. The van der Waals surface area contributed by atoms with E-state index in [1.165, 1.54) is 6.07 Å². The van der Waals surface area contributed by atoms with Crippen LogP contribution in [0.1, 0.15) is 44.4 Å². The van der Waals surface area contributed by atoms with Gasteiger partial charge in [0.15, 0.2) is 0 Å². The van der Waals surface area contributed by atoms with Crippen LogP contribution in [0.5, 0.6) is 0 Å². The van der Waals surface area contributed by atoms with Gasteiger partial charge in [0, 0.05) is 0 Å². The maximum absolute atomic E-state index is 13.6. The Balaban J connectivity index is 3.00. The summed E-state index contributed by atoms with van der Waals surface area (Å²) in [5.74, 6) is -0.200. The third kappa shape index (κ3) is 3.37. The Hall–Kier alpha value is -0.865. The average molecular weight is 265 g/mol. The molecule has 1 N–H and O–H groups in total. The summed E-state index contributed by atoms with van der Waals surface area (Å²) in [5, 5.41) is 10.1. The van der Waals surface area contributed by atoms with Crippen molar-refractivity contribution < 1.29 is 14.2 Å². The summed E-state index contributed by atoms with van der Waals surface area (Å²) >= 11 is 0. The summed E-state index contributed by atoms with van der Waals surface area (Å²) < 4.78 is 19.3. The topological polar surface area (TPSA) is 29.5 Å². The van der Waals surface area contributed by atoms with Crippen LogP contribution in [0.3, 0.4) is 0 Å². The molecule has 0 atom stereocenters. The molecule has 1 radical (unpaired) electrons. The van der Waals surface area contributed by atoms with Crippen LogP contribution in [-0.4, -0.2) is 23.8 Å². The lowest BCUT2D eigenvalue weighted by atomic mass is 9.77. The Morgan fingerprint density at radius 2 is 1.63 bits per heavy atom. The fourth-order valence-electron chi connectivity index (χ4n) is 1.58. The molecule has 0 heterocycles. The van der Waals surface area contributed by atoms with Crippen LogP contribution in [0.15, 0.2) is 6.07 Å². The molecule has 19 heavy (non-hydrogen) atoms. The molecule has 105 valence electrons. The summed E-state index contributed by atoms with van der Waals surface area (Å²) in [6, 6.07) is 1.51. The Labute approximate surface area is 116 Å². The third-order valence-corrected chi connectivity index (χ3v) is 4.04. The highest BCUT2D eigenvalue weighted by molar-refractivity contribution is 6.48. The summed E-state index contributed by atoms with van der Waals surface area (Å²) in [5.41, 5.74) is 1.49. The fraction of sp³-hybridized carbons (Fsp3) is 0.600. The first-order valence-electron chi connectivity index (χ1n) is 6.47. The Morgan fingerprint density at radius 3 is 2.11 bits per heavy atom. The van der Waals surface area contributed by atoms with E-state index in [9.17, 15) is 9.50 Å². The monoisotopic (exact) mass is 265 g/mol. The van der Waals surface area contributed by atoms with Crippen molar-refractivity contribution in [1.29, 1.82) is 0 Å². The van der Waals surface area contributed by atoms with E-state index in [2.05, 4.69) is 0 Å². The number of aliphatic hydroxyl groups is 1. The molecule has 1 aromatic carbocycles. The van der Waals surface area contributed by atoms with E-state index < -0.39 is 11.2 Å². The number of halogens is 1. The van der Waals surface area contributed by atoms with Gasteiger partial charge in [0.2, 0.25) is 0 Å². The highest BCUT2D eigenvalue weighted by atomic mass is 19.1. The molecule has 0 amide bonds. The van der Waals surface area contributed by atoms with Crippen molar-refractivity contribution in [3.05, 3.63) is 28.6 Å². The maximum Gasteiger partial charge on any atom is 0.331 e. The molecular formula is C15H23BFO2. The second-order valence-corrected chi connectivity index (χ2v) is 6.14. The highest BCUT2D eigenvalue weighted by Crippen LogP contribution is 2.24.